The summed E-state index contributed by atoms with van der Waals surface area (Å²) in [7, 11) is 0. The zero-order valence-electron chi connectivity index (χ0n) is 67.4. The molecule has 0 bridgehead atoms. The van der Waals surface area contributed by atoms with Crippen molar-refractivity contribution >= 4 is 130 Å². The number of fused-ring (bicyclic) bond motifs is 22. The van der Waals surface area contributed by atoms with Crippen LogP contribution in [-0.2, 0) is 0 Å². The van der Waals surface area contributed by atoms with Crippen LogP contribution in [0.15, 0.2) is 449 Å². The van der Waals surface area contributed by atoms with Crippen LogP contribution in [0.25, 0.3) is 242 Å². The summed E-state index contributed by atoms with van der Waals surface area (Å²) in [6, 6.07) is 161. The van der Waals surface area contributed by atoms with E-state index in [4.69, 9.17) is 19.9 Å². The Morgan fingerprint density at radius 1 is 0.153 bits per heavy atom. The molecule has 6 heteroatoms. The van der Waals surface area contributed by atoms with Gasteiger partial charge in [0.25, 0.3) is 0 Å². The van der Waals surface area contributed by atoms with Crippen LogP contribution in [0, 0.1) is 0 Å². The topological polar surface area (TPSA) is 61.4 Å². The summed E-state index contributed by atoms with van der Waals surface area (Å²) in [4.78, 5) is 20.9. The van der Waals surface area contributed by atoms with E-state index in [-0.39, 0.29) is 0 Å². The van der Waals surface area contributed by atoms with Gasteiger partial charge in [0.2, 0.25) is 0 Å². The van der Waals surface area contributed by atoms with Gasteiger partial charge in [0, 0.05) is 82.3 Å². The molecule has 0 spiro atoms. The highest BCUT2D eigenvalue weighted by Crippen LogP contribution is 2.51. The smallest absolute Gasteiger partial charge is 0.164 e. The van der Waals surface area contributed by atoms with Crippen LogP contribution in [0.1, 0.15) is 0 Å². The Labute approximate surface area is 715 Å². The summed E-state index contributed by atoms with van der Waals surface area (Å²) >= 11 is 0. The predicted molar refractivity (Wildman–Crippen MR) is 522 cm³/mol. The number of hydrogen-bond donors (Lipinski definition) is 0. The quantitative estimate of drug-likeness (QED) is 0.121. The minimum atomic E-state index is 0.633. The molecule has 0 saturated heterocycles. The van der Waals surface area contributed by atoms with E-state index in [2.05, 4.69) is 458 Å². The lowest BCUT2D eigenvalue weighted by molar-refractivity contribution is 1.08. The van der Waals surface area contributed by atoms with Crippen LogP contribution in [-0.4, -0.2) is 29.1 Å². The number of nitrogens with zero attached hydrogens (tertiary/aromatic N) is 6. The summed E-state index contributed by atoms with van der Waals surface area (Å²) in [6.07, 6.45) is 0. The Morgan fingerprint density at radius 3 is 0.895 bits per heavy atom. The van der Waals surface area contributed by atoms with Crippen LogP contribution in [0.3, 0.4) is 0 Å². The Hall–Kier alpha value is -16.5. The van der Waals surface area contributed by atoms with Gasteiger partial charge in [-0.15, -0.1) is 0 Å². The van der Waals surface area contributed by atoms with Gasteiger partial charge >= 0.3 is 0 Å². The predicted octanol–water partition coefficient (Wildman–Crippen LogP) is 31.4. The molecule has 0 aliphatic heterocycles. The van der Waals surface area contributed by atoms with Crippen molar-refractivity contribution in [1.29, 1.82) is 0 Å². The maximum absolute atomic E-state index is 5.30. The van der Waals surface area contributed by atoms with Crippen molar-refractivity contribution in [2.45, 2.75) is 0 Å². The van der Waals surface area contributed by atoms with Crippen molar-refractivity contribution < 1.29 is 0 Å². The summed E-state index contributed by atoms with van der Waals surface area (Å²) < 4.78 is 4.91. The summed E-state index contributed by atoms with van der Waals surface area (Å²) in [5, 5.41) is 24.5. The molecule has 4 aromatic heterocycles. The largest absolute Gasteiger partial charge is 0.309 e. The standard InChI is InChI=1S/C59H36N4.C59H38N2/c1-2-20-41(21-3-1)63-53-31-13-12-28-50(53)55-54-46-26-10-8-24-44(46)51(36-52(54)45-25-9-11-27-47(45)56(55)63)39-32-34-40(35-33-39)57-60-58(48-29-14-18-37-16-4-6-22-42(37)48)62-59(61-57)49-30-15-19-38-17-5-7-23-43(38)49;1-4-16-39(17-5-1)41-28-32-43(33-29-41)54-36-45(40-18-6-2-7-19-40)37-55(60-54)44-34-30-42(31-35-44)52-38-53-48-23-11-13-25-50(48)59-58(57(53)49-24-12-10-22-47(49)52)51-26-14-15-27-56(51)61(59)46-20-8-3-9-21-46/h1-36H;1-38H. The van der Waals surface area contributed by atoms with E-state index in [1.54, 1.807) is 0 Å². The van der Waals surface area contributed by atoms with E-state index >= 15 is 0 Å². The SMILES string of the molecule is c1ccc(-c2ccc(-c3cc(-c4ccccc4)cc(-c4ccc(-c5cc6c7ccccc7c7c(c8ccccc8n7-c7ccccc7)c6c6ccccc56)cc4)n3)cc2)cc1.c1ccc(-n2c3ccccc3c3c4c5ccccc5c(-c5ccc(-c6nc(-c7cccc8ccccc78)nc(-c7cccc8ccccc78)n6)cc5)cc4c4ccccc4c32)cc1. The van der Waals surface area contributed by atoms with Crippen molar-refractivity contribution in [3.8, 4) is 113 Å². The molecule has 6 nitrogen and oxygen atoms in total. The van der Waals surface area contributed by atoms with Gasteiger partial charge in [-0.25, -0.2) is 19.9 Å². The van der Waals surface area contributed by atoms with Crippen molar-refractivity contribution in [1.82, 2.24) is 29.1 Å². The minimum absolute atomic E-state index is 0.633. The summed E-state index contributed by atoms with van der Waals surface area (Å²) in [5.41, 5.74) is 23.6. The maximum atomic E-state index is 5.30. The zero-order valence-corrected chi connectivity index (χ0v) is 67.4. The number of rotatable bonds is 11. The molecule has 0 aliphatic carbocycles. The fourth-order valence-corrected chi connectivity index (χ4v) is 19.5. The van der Waals surface area contributed by atoms with E-state index in [1.165, 1.54) is 142 Å². The molecule has 0 N–H and O–H groups in total. The molecule has 0 radical (unpaired) electrons. The Kier molecular flexibility index (Phi) is 17.2. The number of para-hydroxylation sites is 4. The number of pyridine rings is 1. The third-order valence-corrected chi connectivity index (χ3v) is 25.2. The van der Waals surface area contributed by atoms with Gasteiger partial charge in [0.05, 0.1) is 33.5 Å². The lowest BCUT2D eigenvalue weighted by Crippen LogP contribution is -2.01. The average molecular weight is 1580 g/mol. The molecule has 25 rings (SSSR count). The number of hydrogen-bond acceptors (Lipinski definition) is 4. The molecular formula is C118H74N6. The number of benzene rings is 21. The van der Waals surface area contributed by atoms with Crippen LogP contribution in [0.4, 0.5) is 0 Å². The molecule has 0 aliphatic rings. The van der Waals surface area contributed by atoms with Gasteiger partial charge < -0.3 is 9.13 Å². The third-order valence-electron chi connectivity index (χ3n) is 25.2. The highest BCUT2D eigenvalue weighted by molar-refractivity contribution is 6.40. The molecule has 0 unspecified atom stereocenters. The fraction of sp³-hybridized carbons (Fsp3) is 0. The van der Waals surface area contributed by atoms with Gasteiger partial charge in [-0.3, -0.25) is 0 Å². The second kappa shape index (κ2) is 29.8. The first kappa shape index (κ1) is 71.6. The molecule has 0 saturated carbocycles. The normalized spacial score (nSPS) is 11.7. The lowest BCUT2D eigenvalue weighted by Gasteiger charge is -2.16. The van der Waals surface area contributed by atoms with Crippen molar-refractivity contribution in [2.75, 3.05) is 0 Å². The highest BCUT2D eigenvalue weighted by atomic mass is 15.0. The first-order valence-electron chi connectivity index (χ1n) is 42.4. The van der Waals surface area contributed by atoms with Crippen molar-refractivity contribution in [2.24, 2.45) is 0 Å². The second-order valence-electron chi connectivity index (χ2n) is 32.1. The van der Waals surface area contributed by atoms with Gasteiger partial charge in [0.15, 0.2) is 17.5 Å². The van der Waals surface area contributed by atoms with Gasteiger partial charge in [-0.05, 0) is 170 Å². The molecule has 21 aromatic carbocycles. The minimum Gasteiger partial charge on any atom is -0.309 e. The zero-order chi connectivity index (χ0) is 81.7. The molecule has 124 heavy (non-hydrogen) atoms. The molecule has 0 fully saturated rings. The molecule has 0 amide bonds. The van der Waals surface area contributed by atoms with Crippen LogP contribution < -0.4 is 0 Å². The monoisotopic (exact) mass is 1570 g/mol. The molecule has 576 valence electrons. The maximum Gasteiger partial charge on any atom is 0.164 e. The molecule has 25 aromatic rings. The van der Waals surface area contributed by atoms with Crippen LogP contribution >= 0.6 is 0 Å². The van der Waals surface area contributed by atoms with Gasteiger partial charge in [-0.1, -0.05) is 388 Å². The first-order valence-corrected chi connectivity index (χ1v) is 42.4. The molecule has 0 atom stereocenters. The van der Waals surface area contributed by atoms with E-state index in [0.717, 1.165) is 83.3 Å². The fourth-order valence-electron chi connectivity index (χ4n) is 19.5. The van der Waals surface area contributed by atoms with Crippen molar-refractivity contribution in [3.63, 3.8) is 0 Å². The summed E-state index contributed by atoms with van der Waals surface area (Å²) in [5.74, 6) is 1.93. The Bertz CT molecular complexity index is 8450. The van der Waals surface area contributed by atoms with E-state index in [1.807, 2.05) is 0 Å². The van der Waals surface area contributed by atoms with Crippen molar-refractivity contribution in [3.05, 3.63) is 449 Å². The molecular weight excluding hydrogens is 1500 g/mol. The lowest BCUT2D eigenvalue weighted by atomic mass is 9.88. The van der Waals surface area contributed by atoms with E-state index in [9.17, 15) is 0 Å². The third kappa shape index (κ3) is 12.0. The second-order valence-corrected chi connectivity index (χ2v) is 32.1. The Balaban J connectivity index is 0.000000139. The first-order chi connectivity index (χ1) is 61.5. The van der Waals surface area contributed by atoms with E-state index < -0.39 is 0 Å². The van der Waals surface area contributed by atoms with Crippen LogP contribution in [0.5, 0.6) is 0 Å². The molecule has 4 heterocycles. The number of aromatic nitrogens is 6. The average Bonchev–Trinajstić information content (AvgIpc) is 1.49. The van der Waals surface area contributed by atoms with Gasteiger partial charge in [-0.2, -0.15) is 0 Å². The van der Waals surface area contributed by atoms with E-state index in [0.29, 0.717) is 17.5 Å². The summed E-state index contributed by atoms with van der Waals surface area (Å²) in [6.45, 7) is 0. The highest BCUT2D eigenvalue weighted by Gasteiger charge is 2.26. The van der Waals surface area contributed by atoms with Crippen LogP contribution in [0.2, 0.25) is 0 Å². The Morgan fingerprint density at radius 2 is 0.460 bits per heavy atom. The van der Waals surface area contributed by atoms with Gasteiger partial charge in [0.1, 0.15) is 0 Å².